The number of nitrogens with zero attached hydrogens (tertiary/aromatic N) is 1. The molecule has 8 heteroatoms. The van der Waals surface area contributed by atoms with Crippen LogP contribution in [0.25, 0.3) is 0 Å². The second-order valence-electron chi connectivity index (χ2n) is 4.95. The first-order valence-corrected chi connectivity index (χ1v) is 7.80. The van der Waals surface area contributed by atoms with Crippen molar-refractivity contribution in [3.8, 4) is 0 Å². The average Bonchev–Trinajstić information content (AvgIpc) is 2.38. The molecule has 0 bridgehead atoms. The molecule has 2 aliphatic rings. The molecule has 0 spiro atoms. The minimum atomic E-state index is -4.19. The van der Waals surface area contributed by atoms with Gasteiger partial charge in [-0.2, -0.15) is 13.2 Å². The van der Waals surface area contributed by atoms with Crippen molar-refractivity contribution >= 4 is 16.7 Å². The minimum absolute atomic E-state index is 0.00726. The average molecular weight is 298 g/mol. The van der Waals surface area contributed by atoms with Crippen LogP contribution >= 0.6 is 0 Å². The van der Waals surface area contributed by atoms with E-state index in [1.807, 2.05) is 0 Å². The van der Waals surface area contributed by atoms with Gasteiger partial charge in [0.2, 0.25) is 5.91 Å². The van der Waals surface area contributed by atoms with E-state index in [-0.39, 0.29) is 25.3 Å². The highest BCUT2D eigenvalue weighted by molar-refractivity contribution is 7.85. The monoisotopic (exact) mass is 298 g/mol. The Hall–Kier alpha value is -0.630. The number of hydrogen-bond acceptors (Lipinski definition) is 3. The molecule has 2 atom stereocenters. The Labute approximate surface area is 112 Å². The van der Waals surface area contributed by atoms with E-state index < -0.39 is 28.9 Å². The molecule has 0 radical (unpaired) electrons. The van der Waals surface area contributed by atoms with Crippen molar-refractivity contribution in [3.05, 3.63) is 0 Å². The van der Waals surface area contributed by atoms with E-state index in [4.69, 9.17) is 0 Å². The predicted molar refractivity (Wildman–Crippen MR) is 65.0 cm³/mol. The van der Waals surface area contributed by atoms with Gasteiger partial charge in [-0.05, 0) is 12.8 Å². The molecule has 1 amide bonds. The van der Waals surface area contributed by atoms with Crippen molar-refractivity contribution in [2.24, 2.45) is 5.92 Å². The van der Waals surface area contributed by atoms with E-state index in [0.717, 1.165) is 0 Å². The number of carbonyl (C=O) groups is 1. The molecule has 4 nitrogen and oxygen atoms in total. The highest BCUT2D eigenvalue weighted by Gasteiger charge is 2.43. The lowest BCUT2D eigenvalue weighted by Crippen LogP contribution is -2.54. The van der Waals surface area contributed by atoms with Crippen LogP contribution in [0.2, 0.25) is 0 Å². The standard InChI is InChI=1S/C11H17F3N2O2S/c12-11(13,14)8-1-2-9(15-7-8)10(17)16-3-5-19(18)6-4-16/h8-9,15H,1-7H2. The van der Waals surface area contributed by atoms with Crippen LogP contribution < -0.4 is 5.32 Å². The topological polar surface area (TPSA) is 49.4 Å². The number of amides is 1. The molecule has 2 saturated heterocycles. The maximum Gasteiger partial charge on any atom is 0.393 e. The third-order valence-corrected chi connectivity index (χ3v) is 4.94. The Balaban J connectivity index is 1.84. The minimum Gasteiger partial charge on any atom is -0.340 e. The number of alkyl halides is 3. The molecule has 0 aromatic rings. The molecule has 2 unspecified atom stereocenters. The van der Waals surface area contributed by atoms with Crippen LogP contribution in [-0.4, -0.2) is 58.4 Å². The fourth-order valence-corrected chi connectivity index (χ4v) is 3.48. The summed E-state index contributed by atoms with van der Waals surface area (Å²) >= 11 is 0. The second-order valence-corrected chi connectivity index (χ2v) is 6.65. The molecular weight excluding hydrogens is 281 g/mol. The molecule has 0 aromatic heterocycles. The van der Waals surface area contributed by atoms with E-state index in [1.165, 1.54) is 0 Å². The molecule has 2 fully saturated rings. The third kappa shape index (κ3) is 3.68. The quantitative estimate of drug-likeness (QED) is 0.767. The maximum atomic E-state index is 12.5. The predicted octanol–water partition coefficient (Wildman–Crippen LogP) is 0.508. The van der Waals surface area contributed by atoms with Crippen molar-refractivity contribution in [2.45, 2.75) is 25.1 Å². The van der Waals surface area contributed by atoms with Gasteiger partial charge in [-0.3, -0.25) is 9.00 Å². The van der Waals surface area contributed by atoms with Crippen LogP contribution in [-0.2, 0) is 15.6 Å². The molecule has 2 aliphatic heterocycles. The summed E-state index contributed by atoms with van der Waals surface area (Å²) in [7, 11) is -0.863. The first-order chi connectivity index (χ1) is 8.88. The second kappa shape index (κ2) is 5.78. The largest absolute Gasteiger partial charge is 0.393 e. The smallest absolute Gasteiger partial charge is 0.340 e. The van der Waals surface area contributed by atoms with Crippen LogP contribution in [0.3, 0.4) is 0 Å². The van der Waals surface area contributed by atoms with Crippen molar-refractivity contribution in [3.63, 3.8) is 0 Å². The van der Waals surface area contributed by atoms with Crippen molar-refractivity contribution < 1.29 is 22.2 Å². The zero-order valence-corrected chi connectivity index (χ0v) is 11.2. The molecule has 19 heavy (non-hydrogen) atoms. The molecule has 0 aliphatic carbocycles. The van der Waals surface area contributed by atoms with Gasteiger partial charge >= 0.3 is 6.18 Å². The van der Waals surface area contributed by atoms with Gasteiger partial charge in [0, 0.05) is 41.9 Å². The zero-order valence-electron chi connectivity index (χ0n) is 10.4. The van der Waals surface area contributed by atoms with E-state index in [0.29, 0.717) is 24.6 Å². The highest BCUT2D eigenvalue weighted by Crippen LogP contribution is 2.32. The summed E-state index contributed by atoms with van der Waals surface area (Å²) in [6, 6.07) is -0.523. The SMILES string of the molecule is O=C(C1CCC(C(F)(F)F)CN1)N1CCS(=O)CC1. The summed E-state index contributed by atoms with van der Waals surface area (Å²) in [4.78, 5) is 13.7. The van der Waals surface area contributed by atoms with Crippen molar-refractivity contribution in [1.82, 2.24) is 10.2 Å². The van der Waals surface area contributed by atoms with Gasteiger partial charge in [0.05, 0.1) is 12.0 Å². The number of hydrogen-bond donors (Lipinski definition) is 1. The van der Waals surface area contributed by atoms with Gasteiger partial charge in [0.1, 0.15) is 0 Å². The summed E-state index contributed by atoms with van der Waals surface area (Å²) in [5, 5.41) is 2.70. The van der Waals surface area contributed by atoms with Gasteiger partial charge in [0.25, 0.3) is 0 Å². The molecular formula is C11H17F3N2O2S. The summed E-state index contributed by atoms with van der Waals surface area (Å²) < 4.78 is 48.7. The van der Waals surface area contributed by atoms with E-state index in [1.54, 1.807) is 4.90 Å². The fourth-order valence-electron chi connectivity index (χ4n) is 2.43. The zero-order chi connectivity index (χ0) is 14.0. The lowest BCUT2D eigenvalue weighted by Gasteiger charge is -2.35. The highest BCUT2D eigenvalue weighted by atomic mass is 32.2. The van der Waals surface area contributed by atoms with Crippen LogP contribution in [0, 0.1) is 5.92 Å². The Morgan fingerprint density at radius 1 is 1.21 bits per heavy atom. The van der Waals surface area contributed by atoms with E-state index >= 15 is 0 Å². The molecule has 2 rings (SSSR count). The first-order valence-electron chi connectivity index (χ1n) is 6.32. The Kier molecular flexibility index (Phi) is 4.50. The normalized spacial score (nSPS) is 30.4. The van der Waals surface area contributed by atoms with Crippen molar-refractivity contribution in [1.29, 1.82) is 0 Å². The van der Waals surface area contributed by atoms with Gasteiger partial charge in [0.15, 0.2) is 0 Å². The van der Waals surface area contributed by atoms with Crippen LogP contribution in [0.1, 0.15) is 12.8 Å². The maximum absolute atomic E-state index is 12.5. The van der Waals surface area contributed by atoms with E-state index in [2.05, 4.69) is 5.32 Å². The lowest BCUT2D eigenvalue weighted by molar-refractivity contribution is -0.180. The molecule has 1 N–H and O–H groups in total. The number of carbonyl (C=O) groups excluding carboxylic acids is 1. The molecule has 0 aromatic carbocycles. The van der Waals surface area contributed by atoms with Gasteiger partial charge < -0.3 is 10.2 Å². The van der Waals surface area contributed by atoms with Gasteiger partial charge in [-0.25, -0.2) is 0 Å². The Morgan fingerprint density at radius 3 is 2.32 bits per heavy atom. The number of nitrogens with one attached hydrogen (secondary N) is 1. The summed E-state index contributed by atoms with van der Waals surface area (Å²) in [5.41, 5.74) is 0. The van der Waals surface area contributed by atoms with Crippen LogP contribution in [0.4, 0.5) is 13.2 Å². The third-order valence-electron chi connectivity index (χ3n) is 3.66. The Morgan fingerprint density at radius 2 is 1.84 bits per heavy atom. The Bertz CT molecular complexity index is 357. The van der Waals surface area contributed by atoms with Crippen molar-refractivity contribution in [2.75, 3.05) is 31.1 Å². The number of piperidine rings is 1. The lowest BCUT2D eigenvalue weighted by atomic mass is 9.93. The summed E-state index contributed by atoms with van der Waals surface area (Å²) in [5.74, 6) is -0.587. The van der Waals surface area contributed by atoms with Gasteiger partial charge in [-0.15, -0.1) is 0 Å². The fraction of sp³-hybridized carbons (Fsp3) is 0.909. The number of rotatable bonds is 1. The van der Waals surface area contributed by atoms with E-state index in [9.17, 15) is 22.2 Å². The summed E-state index contributed by atoms with van der Waals surface area (Å²) in [6.45, 7) is 0.679. The molecule has 110 valence electrons. The van der Waals surface area contributed by atoms with Crippen LogP contribution in [0.15, 0.2) is 0 Å². The summed E-state index contributed by atoms with van der Waals surface area (Å²) in [6.07, 6.45) is -3.99. The molecule has 0 saturated carbocycles. The first kappa shape index (κ1) is 14.8. The molecule has 2 heterocycles. The van der Waals surface area contributed by atoms with Gasteiger partial charge in [-0.1, -0.05) is 0 Å². The number of halogens is 3. The van der Waals surface area contributed by atoms with Crippen LogP contribution in [0.5, 0.6) is 0 Å².